The smallest absolute Gasteiger partial charge is 0.422 e. The molecule has 0 unspecified atom stereocenters. The molecule has 0 radical (unpaired) electrons. The summed E-state index contributed by atoms with van der Waals surface area (Å²) >= 11 is 11.2. The molecule has 7 nitrogen and oxygen atoms in total. The van der Waals surface area contributed by atoms with E-state index in [1.807, 2.05) is 5.43 Å². The third-order valence-electron chi connectivity index (χ3n) is 1.63. The first-order valence-electron chi connectivity index (χ1n) is 4.63. The van der Waals surface area contributed by atoms with Crippen LogP contribution in [0.2, 0.25) is 10.3 Å². The second-order valence-corrected chi connectivity index (χ2v) is 5.27. The van der Waals surface area contributed by atoms with E-state index < -0.39 is 16.1 Å². The molecule has 0 aliphatic heterocycles. The SMILES string of the molecule is CCOC(=O)NNS(=O)(=O)c1ccc(Cl)nc1Cl. The molecule has 18 heavy (non-hydrogen) atoms. The quantitative estimate of drug-likeness (QED) is 0.645. The summed E-state index contributed by atoms with van der Waals surface area (Å²) in [6.45, 7) is 1.69. The van der Waals surface area contributed by atoms with Gasteiger partial charge in [-0.2, -0.15) is 0 Å². The lowest BCUT2D eigenvalue weighted by Crippen LogP contribution is -2.41. The van der Waals surface area contributed by atoms with Crippen LogP contribution in [-0.2, 0) is 14.8 Å². The molecular weight excluding hydrogens is 305 g/mol. The van der Waals surface area contributed by atoms with Crippen LogP contribution in [0, 0.1) is 0 Å². The van der Waals surface area contributed by atoms with E-state index in [-0.39, 0.29) is 21.8 Å². The number of nitrogens with one attached hydrogen (secondary N) is 2. The third-order valence-corrected chi connectivity index (χ3v) is 3.52. The van der Waals surface area contributed by atoms with Gasteiger partial charge in [0.05, 0.1) is 6.61 Å². The Balaban J connectivity index is 2.83. The number of hydrazine groups is 1. The highest BCUT2D eigenvalue weighted by atomic mass is 35.5. The van der Waals surface area contributed by atoms with Gasteiger partial charge in [-0.1, -0.05) is 23.2 Å². The van der Waals surface area contributed by atoms with E-state index >= 15 is 0 Å². The molecule has 1 aromatic rings. The summed E-state index contributed by atoms with van der Waals surface area (Å²) in [6, 6.07) is 2.42. The zero-order valence-corrected chi connectivity index (χ0v) is 11.4. The van der Waals surface area contributed by atoms with E-state index in [1.165, 1.54) is 6.07 Å². The number of nitrogens with zero attached hydrogens (tertiary/aromatic N) is 1. The minimum Gasteiger partial charge on any atom is -0.449 e. The maximum absolute atomic E-state index is 11.7. The lowest BCUT2D eigenvalue weighted by Gasteiger charge is -2.08. The van der Waals surface area contributed by atoms with Crippen molar-refractivity contribution in [3.63, 3.8) is 0 Å². The summed E-state index contributed by atoms with van der Waals surface area (Å²) in [5, 5.41) is -0.252. The van der Waals surface area contributed by atoms with Crippen LogP contribution in [0.5, 0.6) is 0 Å². The van der Waals surface area contributed by atoms with Gasteiger partial charge in [-0.15, -0.1) is 4.83 Å². The van der Waals surface area contributed by atoms with Crippen LogP contribution in [0.1, 0.15) is 6.92 Å². The second-order valence-electron chi connectivity index (χ2n) is 2.87. The summed E-state index contributed by atoms with van der Waals surface area (Å²) in [5.74, 6) is 0. The van der Waals surface area contributed by atoms with Gasteiger partial charge in [0.15, 0.2) is 5.15 Å². The van der Waals surface area contributed by atoms with Crippen molar-refractivity contribution in [2.75, 3.05) is 6.61 Å². The standard InChI is InChI=1S/C8H9Cl2N3O4S/c1-2-17-8(14)12-13-18(15,16)5-3-4-6(9)11-7(5)10/h3-4,13H,2H2,1H3,(H,12,14). The molecule has 0 aromatic carbocycles. The highest BCUT2D eigenvalue weighted by Gasteiger charge is 2.20. The first-order valence-corrected chi connectivity index (χ1v) is 6.87. The zero-order chi connectivity index (χ0) is 13.8. The average Bonchev–Trinajstić information content (AvgIpc) is 2.26. The molecule has 1 rings (SSSR count). The molecule has 0 bridgehead atoms. The van der Waals surface area contributed by atoms with E-state index in [2.05, 4.69) is 9.72 Å². The lowest BCUT2D eigenvalue weighted by atomic mass is 10.5. The normalized spacial score (nSPS) is 11.1. The molecule has 1 amide bonds. The fraction of sp³-hybridized carbons (Fsp3) is 0.250. The maximum Gasteiger partial charge on any atom is 0.422 e. The van der Waals surface area contributed by atoms with Gasteiger partial charge in [-0.3, -0.25) is 0 Å². The van der Waals surface area contributed by atoms with Crippen LogP contribution in [-0.4, -0.2) is 26.1 Å². The number of pyridine rings is 1. The van der Waals surface area contributed by atoms with Gasteiger partial charge in [0.1, 0.15) is 10.0 Å². The van der Waals surface area contributed by atoms with Crippen molar-refractivity contribution in [3.8, 4) is 0 Å². The van der Waals surface area contributed by atoms with Gasteiger partial charge in [0.2, 0.25) is 0 Å². The highest BCUT2D eigenvalue weighted by Crippen LogP contribution is 2.20. The van der Waals surface area contributed by atoms with E-state index in [4.69, 9.17) is 23.2 Å². The van der Waals surface area contributed by atoms with Crippen molar-refractivity contribution in [1.82, 2.24) is 15.2 Å². The Bertz CT molecular complexity index is 549. The molecule has 1 heterocycles. The molecule has 0 aliphatic carbocycles. The largest absolute Gasteiger partial charge is 0.449 e. The van der Waals surface area contributed by atoms with Crippen LogP contribution in [0.4, 0.5) is 4.79 Å². The summed E-state index contributed by atoms with van der Waals surface area (Å²) < 4.78 is 27.9. The third kappa shape index (κ3) is 3.98. The first-order chi connectivity index (χ1) is 8.36. The molecular formula is C8H9Cl2N3O4S. The lowest BCUT2D eigenvalue weighted by molar-refractivity contribution is 0.150. The van der Waals surface area contributed by atoms with Crippen LogP contribution in [0.3, 0.4) is 0 Å². The van der Waals surface area contributed by atoms with Crippen LogP contribution in [0.25, 0.3) is 0 Å². The Morgan fingerprint density at radius 3 is 2.67 bits per heavy atom. The van der Waals surface area contributed by atoms with Crippen LogP contribution >= 0.6 is 23.2 Å². The van der Waals surface area contributed by atoms with Gasteiger partial charge in [0, 0.05) is 0 Å². The minimum absolute atomic E-state index is 0.0531. The topological polar surface area (TPSA) is 97.4 Å². The number of amides is 1. The number of rotatable bonds is 4. The van der Waals surface area contributed by atoms with Gasteiger partial charge >= 0.3 is 6.09 Å². The van der Waals surface area contributed by atoms with Crippen LogP contribution in [0.15, 0.2) is 17.0 Å². The van der Waals surface area contributed by atoms with Crippen molar-refractivity contribution in [1.29, 1.82) is 0 Å². The Morgan fingerprint density at radius 2 is 2.11 bits per heavy atom. The molecule has 0 atom stereocenters. The van der Waals surface area contributed by atoms with E-state index in [1.54, 1.807) is 11.8 Å². The molecule has 10 heteroatoms. The average molecular weight is 314 g/mol. The predicted octanol–water partition coefficient (Wildman–Crippen LogP) is 1.33. The summed E-state index contributed by atoms with van der Waals surface area (Å²) in [7, 11) is -4.04. The molecule has 0 spiro atoms. The second kappa shape index (κ2) is 6.19. The number of aromatic nitrogens is 1. The van der Waals surface area contributed by atoms with Crippen molar-refractivity contribution in [3.05, 3.63) is 22.4 Å². The fourth-order valence-corrected chi connectivity index (χ4v) is 2.42. The summed E-state index contributed by atoms with van der Waals surface area (Å²) in [4.78, 5) is 16.0. The number of sulfonamides is 1. The Kier molecular flexibility index (Phi) is 5.15. The van der Waals surface area contributed by atoms with Crippen LogP contribution < -0.4 is 10.3 Å². The van der Waals surface area contributed by atoms with Gasteiger partial charge < -0.3 is 4.74 Å². The monoisotopic (exact) mass is 313 g/mol. The molecule has 0 saturated carbocycles. The van der Waals surface area contributed by atoms with Gasteiger partial charge in [-0.25, -0.2) is 23.6 Å². The fourth-order valence-electron chi connectivity index (χ4n) is 0.931. The summed E-state index contributed by atoms with van der Waals surface area (Å²) in [5.41, 5.74) is 1.85. The maximum atomic E-state index is 11.7. The van der Waals surface area contributed by atoms with Crippen molar-refractivity contribution in [2.24, 2.45) is 0 Å². The van der Waals surface area contributed by atoms with Crippen molar-refractivity contribution in [2.45, 2.75) is 11.8 Å². The molecule has 2 N–H and O–H groups in total. The van der Waals surface area contributed by atoms with E-state index in [0.717, 1.165) is 6.07 Å². The number of ether oxygens (including phenoxy) is 1. The molecule has 100 valence electrons. The number of hydrogen-bond donors (Lipinski definition) is 2. The number of carbonyl (C=O) groups excluding carboxylic acids is 1. The predicted molar refractivity (Wildman–Crippen MR) is 64.7 cm³/mol. The Labute approximate surface area is 113 Å². The molecule has 1 aromatic heterocycles. The van der Waals surface area contributed by atoms with E-state index in [0.29, 0.717) is 0 Å². The van der Waals surface area contributed by atoms with Crippen molar-refractivity contribution >= 4 is 39.3 Å². The van der Waals surface area contributed by atoms with E-state index in [9.17, 15) is 13.2 Å². The highest BCUT2D eigenvalue weighted by molar-refractivity contribution is 7.89. The zero-order valence-electron chi connectivity index (χ0n) is 9.11. The van der Waals surface area contributed by atoms with Gasteiger partial charge in [-0.05, 0) is 19.1 Å². The van der Waals surface area contributed by atoms with Gasteiger partial charge in [0.25, 0.3) is 10.0 Å². The Morgan fingerprint density at radius 1 is 1.44 bits per heavy atom. The molecule has 0 saturated heterocycles. The Hall–Kier alpha value is -1.09. The molecule has 0 aliphatic rings. The summed E-state index contributed by atoms with van der Waals surface area (Å²) in [6.07, 6.45) is -0.931. The number of halogens is 2. The first kappa shape index (κ1) is 15.0. The number of hydrogen-bond acceptors (Lipinski definition) is 5. The molecule has 0 fully saturated rings. The van der Waals surface area contributed by atoms with Crippen molar-refractivity contribution < 1.29 is 17.9 Å². The number of carbonyl (C=O) groups is 1. The minimum atomic E-state index is -4.04.